The van der Waals surface area contributed by atoms with Gasteiger partial charge in [0, 0.05) is 26.2 Å². The molecule has 1 saturated heterocycles. The minimum absolute atomic E-state index is 0.0305. The average molecular weight is 286 g/mol. The number of aliphatic hydroxyl groups is 1. The van der Waals surface area contributed by atoms with Crippen molar-refractivity contribution >= 4 is 11.9 Å². The molecule has 6 heteroatoms. The molecule has 116 valence electrons. The van der Waals surface area contributed by atoms with Crippen molar-refractivity contribution < 1.29 is 19.8 Å². The molecule has 20 heavy (non-hydrogen) atoms. The van der Waals surface area contributed by atoms with Gasteiger partial charge in [-0.25, -0.2) is 0 Å². The maximum Gasteiger partial charge on any atom is 0.307 e. The summed E-state index contributed by atoms with van der Waals surface area (Å²) in [4.78, 5) is 26.7. The van der Waals surface area contributed by atoms with E-state index in [4.69, 9.17) is 5.11 Å². The normalized spacial score (nSPS) is 18.9. The minimum atomic E-state index is -0.883. The van der Waals surface area contributed by atoms with E-state index in [1.54, 1.807) is 18.7 Å². The lowest BCUT2D eigenvalue weighted by Gasteiger charge is -2.31. The zero-order chi connectivity index (χ0) is 15.1. The van der Waals surface area contributed by atoms with Crippen molar-refractivity contribution in [2.45, 2.75) is 39.2 Å². The molecule has 0 radical (unpaired) electrons. The number of carboxylic acid groups (broad SMARTS) is 1. The minimum Gasteiger partial charge on any atom is -0.481 e. The Kier molecular flexibility index (Phi) is 6.95. The predicted octanol–water partition coefficient (Wildman–Crippen LogP) is 0.402. The predicted molar refractivity (Wildman–Crippen MR) is 75.4 cm³/mol. The highest BCUT2D eigenvalue weighted by Crippen LogP contribution is 2.10. The van der Waals surface area contributed by atoms with E-state index < -0.39 is 18.0 Å². The van der Waals surface area contributed by atoms with Gasteiger partial charge in [0.05, 0.1) is 18.6 Å². The molecule has 1 fully saturated rings. The molecular formula is C14H26N2O4. The molecule has 2 unspecified atom stereocenters. The highest BCUT2D eigenvalue weighted by atomic mass is 16.4. The zero-order valence-corrected chi connectivity index (χ0v) is 12.4. The van der Waals surface area contributed by atoms with Crippen LogP contribution in [-0.4, -0.2) is 70.7 Å². The van der Waals surface area contributed by atoms with Crippen molar-refractivity contribution in [3.63, 3.8) is 0 Å². The SMILES string of the molecule is CC(O)CN(CC(=O)N1CCCCC1)CC(C)C(=O)O. The molecule has 0 aromatic rings. The van der Waals surface area contributed by atoms with Crippen molar-refractivity contribution in [3.05, 3.63) is 0 Å². The highest BCUT2D eigenvalue weighted by Gasteiger charge is 2.23. The van der Waals surface area contributed by atoms with Crippen LogP contribution in [0.5, 0.6) is 0 Å². The number of carboxylic acids is 1. The van der Waals surface area contributed by atoms with Crippen LogP contribution in [0.15, 0.2) is 0 Å². The second-order valence-electron chi connectivity index (χ2n) is 5.72. The number of rotatable bonds is 7. The Hall–Kier alpha value is -1.14. The van der Waals surface area contributed by atoms with Gasteiger partial charge in [-0.3, -0.25) is 14.5 Å². The maximum absolute atomic E-state index is 12.2. The molecule has 2 atom stereocenters. The first-order chi connectivity index (χ1) is 9.40. The van der Waals surface area contributed by atoms with E-state index in [0.717, 1.165) is 32.4 Å². The second-order valence-corrected chi connectivity index (χ2v) is 5.72. The fourth-order valence-electron chi connectivity index (χ4n) is 2.48. The number of nitrogens with zero attached hydrogens (tertiary/aromatic N) is 2. The van der Waals surface area contributed by atoms with Gasteiger partial charge in [0.2, 0.25) is 5.91 Å². The third kappa shape index (κ3) is 5.88. The van der Waals surface area contributed by atoms with Gasteiger partial charge in [-0.05, 0) is 26.2 Å². The first-order valence-electron chi connectivity index (χ1n) is 7.31. The number of amides is 1. The Morgan fingerprint density at radius 1 is 1.15 bits per heavy atom. The molecule has 0 aliphatic carbocycles. The average Bonchev–Trinajstić information content (AvgIpc) is 2.38. The van der Waals surface area contributed by atoms with Crippen LogP contribution in [0.3, 0.4) is 0 Å². The first-order valence-corrected chi connectivity index (χ1v) is 7.31. The number of aliphatic hydroxyl groups excluding tert-OH is 1. The molecule has 6 nitrogen and oxygen atoms in total. The van der Waals surface area contributed by atoms with Gasteiger partial charge in [-0.2, -0.15) is 0 Å². The van der Waals surface area contributed by atoms with Crippen LogP contribution in [-0.2, 0) is 9.59 Å². The number of hydrogen-bond acceptors (Lipinski definition) is 4. The molecule has 1 heterocycles. The molecule has 1 rings (SSSR count). The van der Waals surface area contributed by atoms with Gasteiger partial charge >= 0.3 is 5.97 Å². The fraction of sp³-hybridized carbons (Fsp3) is 0.857. The number of carbonyl (C=O) groups is 2. The number of hydrogen-bond donors (Lipinski definition) is 2. The van der Waals surface area contributed by atoms with E-state index >= 15 is 0 Å². The lowest BCUT2D eigenvalue weighted by atomic mass is 10.1. The Bertz CT molecular complexity index is 327. The van der Waals surface area contributed by atoms with Gasteiger partial charge in [-0.15, -0.1) is 0 Å². The molecule has 0 aromatic carbocycles. The fourth-order valence-corrected chi connectivity index (χ4v) is 2.48. The summed E-state index contributed by atoms with van der Waals surface area (Å²) in [6.45, 7) is 5.61. The van der Waals surface area contributed by atoms with Crippen LogP contribution >= 0.6 is 0 Å². The summed E-state index contributed by atoms with van der Waals surface area (Å²) in [5.74, 6) is -1.41. The zero-order valence-electron chi connectivity index (χ0n) is 12.4. The summed E-state index contributed by atoms with van der Waals surface area (Å²) in [5.41, 5.74) is 0. The van der Waals surface area contributed by atoms with Crippen LogP contribution in [0.1, 0.15) is 33.1 Å². The lowest BCUT2D eigenvalue weighted by molar-refractivity contribution is -0.143. The van der Waals surface area contributed by atoms with Gasteiger partial charge in [0.1, 0.15) is 0 Å². The number of aliphatic carboxylic acids is 1. The molecule has 0 saturated carbocycles. The van der Waals surface area contributed by atoms with Crippen LogP contribution in [0.25, 0.3) is 0 Å². The Labute approximate surface area is 120 Å². The van der Waals surface area contributed by atoms with Crippen molar-refractivity contribution in [1.82, 2.24) is 9.80 Å². The number of carbonyl (C=O) groups excluding carboxylic acids is 1. The summed E-state index contributed by atoms with van der Waals surface area (Å²) in [6.07, 6.45) is 2.66. The monoisotopic (exact) mass is 286 g/mol. The van der Waals surface area contributed by atoms with Gasteiger partial charge in [0.25, 0.3) is 0 Å². The lowest BCUT2D eigenvalue weighted by Crippen LogP contribution is -2.46. The van der Waals surface area contributed by atoms with E-state index in [2.05, 4.69) is 0 Å². The molecule has 0 bridgehead atoms. The maximum atomic E-state index is 12.2. The smallest absolute Gasteiger partial charge is 0.307 e. The number of piperidine rings is 1. The standard InChI is InChI=1S/C14H26N2O4/c1-11(14(19)20)8-15(9-12(2)17)10-13(18)16-6-4-3-5-7-16/h11-12,17H,3-10H2,1-2H3,(H,19,20). The quantitative estimate of drug-likeness (QED) is 0.708. The number of likely N-dealkylation sites (tertiary alicyclic amines) is 1. The Morgan fingerprint density at radius 3 is 2.25 bits per heavy atom. The van der Waals surface area contributed by atoms with Crippen LogP contribution < -0.4 is 0 Å². The van der Waals surface area contributed by atoms with E-state index in [1.807, 2.05) is 4.90 Å². The van der Waals surface area contributed by atoms with E-state index in [-0.39, 0.29) is 19.0 Å². The Balaban J connectivity index is 2.53. The summed E-state index contributed by atoms with van der Waals surface area (Å²) in [5, 5.41) is 18.4. The third-order valence-electron chi connectivity index (χ3n) is 3.54. The molecule has 0 spiro atoms. The van der Waals surface area contributed by atoms with Crippen molar-refractivity contribution in [3.8, 4) is 0 Å². The van der Waals surface area contributed by atoms with E-state index in [0.29, 0.717) is 6.54 Å². The summed E-state index contributed by atoms with van der Waals surface area (Å²) in [7, 11) is 0. The summed E-state index contributed by atoms with van der Waals surface area (Å²) in [6, 6.07) is 0. The van der Waals surface area contributed by atoms with Gasteiger partial charge in [-0.1, -0.05) is 6.92 Å². The second kappa shape index (κ2) is 8.21. The first kappa shape index (κ1) is 16.9. The summed E-state index contributed by atoms with van der Waals surface area (Å²) < 4.78 is 0. The van der Waals surface area contributed by atoms with E-state index in [9.17, 15) is 14.7 Å². The van der Waals surface area contributed by atoms with E-state index in [1.165, 1.54) is 0 Å². The van der Waals surface area contributed by atoms with Crippen LogP contribution in [0, 0.1) is 5.92 Å². The largest absolute Gasteiger partial charge is 0.481 e. The van der Waals surface area contributed by atoms with Crippen molar-refractivity contribution in [2.75, 3.05) is 32.7 Å². The van der Waals surface area contributed by atoms with Gasteiger partial charge in [0.15, 0.2) is 0 Å². The molecule has 2 N–H and O–H groups in total. The molecule has 1 aliphatic rings. The summed E-state index contributed by atoms with van der Waals surface area (Å²) >= 11 is 0. The van der Waals surface area contributed by atoms with Gasteiger partial charge < -0.3 is 15.1 Å². The van der Waals surface area contributed by atoms with Crippen molar-refractivity contribution in [1.29, 1.82) is 0 Å². The van der Waals surface area contributed by atoms with Crippen LogP contribution in [0.4, 0.5) is 0 Å². The Morgan fingerprint density at radius 2 is 1.75 bits per heavy atom. The highest BCUT2D eigenvalue weighted by molar-refractivity contribution is 5.78. The van der Waals surface area contributed by atoms with Crippen molar-refractivity contribution in [2.24, 2.45) is 5.92 Å². The molecule has 0 aromatic heterocycles. The molecule has 1 amide bonds. The topological polar surface area (TPSA) is 81.1 Å². The molecular weight excluding hydrogens is 260 g/mol. The molecule has 1 aliphatic heterocycles. The van der Waals surface area contributed by atoms with Crippen LogP contribution in [0.2, 0.25) is 0 Å². The third-order valence-corrected chi connectivity index (χ3v) is 3.54.